The molecule has 0 aliphatic rings. The normalized spacial score (nSPS) is 13.6. The van der Waals surface area contributed by atoms with Gasteiger partial charge < -0.3 is 0 Å². The Balaban J connectivity index is 2.49. The van der Waals surface area contributed by atoms with Crippen LogP contribution >= 0.6 is 0 Å². The molecular weight excluding hydrogens is 496 g/mol. The molecule has 0 fully saturated rings. The average Bonchev–Trinajstić information content (AvgIpc) is 3.22. The summed E-state index contributed by atoms with van der Waals surface area (Å²) >= 11 is -2.78. The molecule has 2 aromatic rings. The molecule has 0 saturated heterocycles. The first-order valence-electron chi connectivity index (χ1n) is 11.2. The Hall–Kier alpha value is -1.12. The van der Waals surface area contributed by atoms with Gasteiger partial charge in [0.25, 0.3) is 0 Å². The summed E-state index contributed by atoms with van der Waals surface area (Å²) in [5.41, 5.74) is 0.506. The number of rotatable bonds is 12. The first-order chi connectivity index (χ1) is 14.3. The van der Waals surface area contributed by atoms with Crippen LogP contribution in [0.3, 0.4) is 0 Å². The molecular formula is C22H35F3N4Sn. The summed E-state index contributed by atoms with van der Waals surface area (Å²) in [5, 5.41) is 7.77. The second-order valence-electron chi connectivity index (χ2n) is 8.28. The van der Waals surface area contributed by atoms with E-state index < -0.39 is 30.6 Å². The van der Waals surface area contributed by atoms with Crippen LogP contribution < -0.4 is 3.71 Å². The Bertz CT molecular complexity index is 754. The molecule has 2 rings (SSSR count). The molecule has 0 saturated carbocycles. The zero-order valence-electron chi connectivity index (χ0n) is 18.7. The van der Waals surface area contributed by atoms with E-state index in [1.54, 1.807) is 6.07 Å². The molecule has 0 spiro atoms. The van der Waals surface area contributed by atoms with Crippen molar-refractivity contribution in [1.82, 2.24) is 19.7 Å². The van der Waals surface area contributed by atoms with E-state index in [1.165, 1.54) is 36.3 Å². The van der Waals surface area contributed by atoms with Crippen molar-refractivity contribution in [3.05, 3.63) is 24.5 Å². The standard InChI is InChI=1S/C10H8F3N4.3C4H9.Sn/c1-7(10(11,12)13)17-6-15-16-9(17)8-4-2-3-5-14-8;3*1-3-4-2;/h2-4,6-7H,1H3;3*1,3-4H2,2H3;/t7-;;;;/m0..../s1. The molecule has 168 valence electrons. The Morgan fingerprint density at radius 3 is 2.03 bits per heavy atom. The Kier molecular flexibility index (Phi) is 9.62. The molecule has 0 aromatic carbocycles. The molecule has 30 heavy (non-hydrogen) atoms. The average molecular weight is 531 g/mol. The molecule has 0 radical (unpaired) electrons. The van der Waals surface area contributed by atoms with Gasteiger partial charge in [-0.25, -0.2) is 0 Å². The molecule has 0 amide bonds. The van der Waals surface area contributed by atoms with Gasteiger partial charge in [-0.1, -0.05) is 0 Å². The van der Waals surface area contributed by atoms with Crippen LogP contribution in [0.15, 0.2) is 24.5 Å². The minimum absolute atomic E-state index is 0.198. The number of unbranched alkanes of at least 4 members (excludes halogenated alkanes) is 3. The number of nitrogens with zero attached hydrogens (tertiary/aromatic N) is 4. The number of hydrogen-bond donors (Lipinski definition) is 0. The molecule has 0 N–H and O–H groups in total. The predicted molar refractivity (Wildman–Crippen MR) is 119 cm³/mol. The second kappa shape index (κ2) is 11.5. The zero-order valence-corrected chi connectivity index (χ0v) is 21.5. The summed E-state index contributed by atoms with van der Waals surface area (Å²) in [6.07, 6.45) is 3.89. The Morgan fingerprint density at radius 2 is 1.53 bits per heavy atom. The fourth-order valence-electron chi connectivity index (χ4n) is 4.03. The third kappa shape index (κ3) is 6.20. The first kappa shape index (κ1) is 25.1. The van der Waals surface area contributed by atoms with Gasteiger partial charge >= 0.3 is 183 Å². The summed E-state index contributed by atoms with van der Waals surface area (Å²) in [7, 11) is 0. The summed E-state index contributed by atoms with van der Waals surface area (Å²) < 4.78 is 46.0. The van der Waals surface area contributed by atoms with E-state index in [9.17, 15) is 13.2 Å². The van der Waals surface area contributed by atoms with E-state index in [0.717, 1.165) is 37.1 Å². The van der Waals surface area contributed by atoms with E-state index in [-0.39, 0.29) is 5.82 Å². The van der Waals surface area contributed by atoms with Gasteiger partial charge in [-0.3, -0.25) is 0 Å². The summed E-state index contributed by atoms with van der Waals surface area (Å²) in [6, 6.07) is 4.16. The van der Waals surface area contributed by atoms with Gasteiger partial charge in [-0.15, -0.1) is 0 Å². The molecule has 0 unspecified atom stereocenters. The Labute approximate surface area is 182 Å². The second-order valence-corrected chi connectivity index (χ2v) is 21.3. The minimum atomic E-state index is -4.36. The molecule has 0 bridgehead atoms. The summed E-state index contributed by atoms with van der Waals surface area (Å²) in [6.45, 7) is 7.80. The first-order valence-corrected chi connectivity index (χ1v) is 18.7. The molecule has 0 aliphatic carbocycles. The molecule has 2 heterocycles. The number of hydrogen-bond acceptors (Lipinski definition) is 3. The maximum atomic E-state index is 13.3. The van der Waals surface area contributed by atoms with E-state index in [0.29, 0.717) is 5.69 Å². The van der Waals surface area contributed by atoms with Crippen LogP contribution in [0, 0.1) is 0 Å². The number of halogens is 3. The van der Waals surface area contributed by atoms with Gasteiger partial charge in [-0.05, 0) is 0 Å². The fourth-order valence-corrected chi connectivity index (χ4v) is 19.5. The van der Waals surface area contributed by atoms with Crippen molar-refractivity contribution in [2.24, 2.45) is 0 Å². The van der Waals surface area contributed by atoms with Crippen LogP contribution in [0.1, 0.15) is 72.3 Å². The van der Waals surface area contributed by atoms with Crippen molar-refractivity contribution in [2.75, 3.05) is 0 Å². The summed E-state index contributed by atoms with van der Waals surface area (Å²) in [5.74, 6) is 0.198. The molecule has 2 aromatic heterocycles. The van der Waals surface area contributed by atoms with Gasteiger partial charge in [-0.2, -0.15) is 0 Å². The van der Waals surface area contributed by atoms with Crippen LogP contribution in [0.4, 0.5) is 13.2 Å². The monoisotopic (exact) mass is 532 g/mol. The van der Waals surface area contributed by atoms with Gasteiger partial charge in [0.1, 0.15) is 0 Å². The van der Waals surface area contributed by atoms with Crippen LogP contribution in [0.25, 0.3) is 11.5 Å². The fraction of sp³-hybridized carbons (Fsp3) is 0.682. The number of aromatic nitrogens is 4. The zero-order chi connectivity index (χ0) is 22.2. The van der Waals surface area contributed by atoms with Gasteiger partial charge in [0.05, 0.1) is 0 Å². The van der Waals surface area contributed by atoms with Crippen molar-refractivity contribution < 1.29 is 13.2 Å². The van der Waals surface area contributed by atoms with E-state index in [4.69, 9.17) is 4.98 Å². The molecule has 0 aliphatic heterocycles. The third-order valence-corrected chi connectivity index (χ3v) is 21.1. The van der Waals surface area contributed by atoms with Crippen molar-refractivity contribution >= 4 is 22.1 Å². The maximum absolute atomic E-state index is 13.3. The van der Waals surface area contributed by atoms with Crippen LogP contribution in [-0.2, 0) is 0 Å². The van der Waals surface area contributed by atoms with Crippen molar-refractivity contribution in [3.63, 3.8) is 0 Å². The van der Waals surface area contributed by atoms with Crippen molar-refractivity contribution in [1.29, 1.82) is 0 Å². The molecule has 8 heteroatoms. The van der Waals surface area contributed by atoms with E-state index in [2.05, 4.69) is 37.0 Å². The van der Waals surface area contributed by atoms with Gasteiger partial charge in [0.15, 0.2) is 0 Å². The quantitative estimate of drug-likeness (QED) is 0.293. The van der Waals surface area contributed by atoms with Crippen molar-refractivity contribution in [3.8, 4) is 11.5 Å². The third-order valence-electron chi connectivity index (χ3n) is 6.01. The van der Waals surface area contributed by atoms with Crippen LogP contribution in [0.2, 0.25) is 13.3 Å². The Morgan fingerprint density at radius 1 is 0.967 bits per heavy atom. The van der Waals surface area contributed by atoms with Crippen LogP contribution in [-0.4, -0.2) is 44.3 Å². The van der Waals surface area contributed by atoms with Gasteiger partial charge in [0.2, 0.25) is 0 Å². The van der Waals surface area contributed by atoms with Gasteiger partial charge in [0, 0.05) is 0 Å². The van der Waals surface area contributed by atoms with Crippen LogP contribution in [0.5, 0.6) is 0 Å². The topological polar surface area (TPSA) is 43.6 Å². The number of alkyl halides is 3. The van der Waals surface area contributed by atoms with E-state index >= 15 is 0 Å². The summed E-state index contributed by atoms with van der Waals surface area (Å²) in [4.78, 5) is 4.97. The van der Waals surface area contributed by atoms with E-state index in [1.807, 2.05) is 6.07 Å². The SMILES string of the molecule is CCC[CH2][Sn]([CH2]CCC)([CH2]CCC)[c]1cccc(-c2nncn2[C@@H](C)C(F)(F)F)n1. The molecule has 1 atom stereocenters. The molecule has 4 nitrogen and oxygen atoms in total. The number of pyridine rings is 1. The van der Waals surface area contributed by atoms with Crippen molar-refractivity contribution in [2.45, 2.75) is 91.7 Å². The predicted octanol–water partition coefficient (Wildman–Crippen LogP) is 6.52.